The normalized spacial score (nSPS) is 12.5. The maximum atomic E-state index is 13.0. The van der Waals surface area contributed by atoms with Gasteiger partial charge < -0.3 is 24.4 Å². The smallest absolute Gasteiger partial charge is 0.307 e. The van der Waals surface area contributed by atoms with E-state index in [0.717, 1.165) is 12.8 Å². The predicted molar refractivity (Wildman–Crippen MR) is 123 cm³/mol. The zero-order valence-electron chi connectivity index (χ0n) is 19.0. The summed E-state index contributed by atoms with van der Waals surface area (Å²) in [4.78, 5) is 38.6. The molecular formula is C25H30N2O6. The molecule has 0 aliphatic heterocycles. The van der Waals surface area contributed by atoms with Crippen molar-refractivity contribution >= 4 is 23.5 Å². The van der Waals surface area contributed by atoms with E-state index in [1.54, 1.807) is 67.5 Å². The van der Waals surface area contributed by atoms with Gasteiger partial charge >= 0.3 is 5.97 Å². The molecule has 8 heteroatoms. The SMILES string of the molecule is CCOC(=O)CCN(CC1CC1)C(=O)c1ccc(OCC(=O)Nc2cccc(OC)c2)cc1. The number of nitrogens with zero attached hydrogens (tertiary/aromatic N) is 1. The lowest BCUT2D eigenvalue weighted by Gasteiger charge is -2.22. The van der Waals surface area contributed by atoms with Crippen LogP contribution in [-0.4, -0.2) is 56.1 Å². The molecule has 2 aromatic rings. The van der Waals surface area contributed by atoms with E-state index in [1.807, 2.05) is 0 Å². The molecule has 0 bridgehead atoms. The Morgan fingerprint density at radius 2 is 1.82 bits per heavy atom. The number of ether oxygens (including phenoxy) is 3. The van der Waals surface area contributed by atoms with Gasteiger partial charge in [0.05, 0.1) is 20.1 Å². The summed E-state index contributed by atoms with van der Waals surface area (Å²) < 4.78 is 15.7. The van der Waals surface area contributed by atoms with Crippen molar-refractivity contribution in [2.45, 2.75) is 26.2 Å². The zero-order valence-corrected chi connectivity index (χ0v) is 19.0. The third kappa shape index (κ3) is 7.82. The number of anilines is 1. The number of amides is 2. The Morgan fingerprint density at radius 1 is 1.06 bits per heavy atom. The van der Waals surface area contributed by atoms with Gasteiger partial charge in [-0.15, -0.1) is 0 Å². The molecule has 8 nitrogen and oxygen atoms in total. The molecule has 0 heterocycles. The van der Waals surface area contributed by atoms with E-state index in [-0.39, 0.29) is 30.8 Å². The van der Waals surface area contributed by atoms with E-state index in [4.69, 9.17) is 14.2 Å². The summed E-state index contributed by atoms with van der Waals surface area (Å²) >= 11 is 0. The van der Waals surface area contributed by atoms with E-state index in [9.17, 15) is 14.4 Å². The minimum atomic E-state index is -0.307. The van der Waals surface area contributed by atoms with Crippen molar-refractivity contribution in [2.24, 2.45) is 5.92 Å². The molecule has 1 saturated carbocycles. The highest BCUT2D eigenvalue weighted by Crippen LogP contribution is 2.30. The van der Waals surface area contributed by atoms with Gasteiger partial charge in [0.15, 0.2) is 6.61 Å². The van der Waals surface area contributed by atoms with Crippen molar-refractivity contribution in [3.8, 4) is 11.5 Å². The standard InChI is InChI=1S/C25H30N2O6/c1-3-32-24(29)13-14-27(16-18-7-8-18)25(30)19-9-11-21(12-10-19)33-17-23(28)26-20-5-4-6-22(15-20)31-2/h4-6,9-12,15,18H,3,7-8,13-14,16-17H2,1-2H3,(H,26,28). The van der Waals surface area contributed by atoms with Crippen molar-refractivity contribution < 1.29 is 28.6 Å². The molecule has 1 aliphatic rings. The third-order valence-corrected chi connectivity index (χ3v) is 5.18. The molecule has 2 amide bonds. The second kappa shape index (κ2) is 11.9. The molecule has 0 radical (unpaired) electrons. The number of carbonyl (C=O) groups is 3. The van der Waals surface area contributed by atoms with Gasteiger partial charge in [-0.05, 0) is 62.1 Å². The van der Waals surface area contributed by atoms with Crippen molar-refractivity contribution in [1.29, 1.82) is 0 Å². The Kier molecular flexibility index (Phi) is 8.69. The fourth-order valence-electron chi connectivity index (χ4n) is 3.27. The number of hydrogen-bond donors (Lipinski definition) is 1. The Bertz CT molecular complexity index is 956. The van der Waals surface area contributed by atoms with Gasteiger partial charge in [-0.1, -0.05) is 6.07 Å². The minimum Gasteiger partial charge on any atom is -0.497 e. The van der Waals surface area contributed by atoms with Gasteiger partial charge in [-0.3, -0.25) is 14.4 Å². The average Bonchev–Trinajstić information content (AvgIpc) is 3.65. The molecule has 33 heavy (non-hydrogen) atoms. The number of methoxy groups -OCH3 is 1. The summed E-state index contributed by atoms with van der Waals surface area (Å²) in [6.45, 7) is 2.89. The molecule has 1 N–H and O–H groups in total. The Labute approximate surface area is 193 Å². The van der Waals surface area contributed by atoms with Gasteiger partial charge in [0.2, 0.25) is 0 Å². The van der Waals surface area contributed by atoms with Crippen LogP contribution in [0.5, 0.6) is 11.5 Å². The first-order valence-electron chi connectivity index (χ1n) is 11.1. The van der Waals surface area contributed by atoms with Gasteiger partial charge in [0.1, 0.15) is 11.5 Å². The summed E-state index contributed by atoms with van der Waals surface area (Å²) in [5, 5.41) is 2.75. The van der Waals surface area contributed by atoms with Crippen LogP contribution in [0.15, 0.2) is 48.5 Å². The number of rotatable bonds is 12. The van der Waals surface area contributed by atoms with Crippen molar-refractivity contribution in [2.75, 3.05) is 38.7 Å². The average molecular weight is 455 g/mol. The number of nitrogens with one attached hydrogen (secondary N) is 1. The second-order valence-electron chi connectivity index (χ2n) is 7.84. The van der Waals surface area contributed by atoms with Crippen molar-refractivity contribution in [1.82, 2.24) is 4.90 Å². The number of esters is 1. The summed E-state index contributed by atoms with van der Waals surface area (Å²) in [5.41, 5.74) is 1.12. The van der Waals surface area contributed by atoms with E-state index in [0.29, 0.717) is 48.4 Å². The molecule has 0 saturated heterocycles. The summed E-state index contributed by atoms with van der Waals surface area (Å²) in [6.07, 6.45) is 2.39. The van der Waals surface area contributed by atoms with Crippen LogP contribution < -0.4 is 14.8 Å². The fourth-order valence-corrected chi connectivity index (χ4v) is 3.27. The van der Waals surface area contributed by atoms with E-state index in [2.05, 4.69) is 5.32 Å². The first-order valence-corrected chi connectivity index (χ1v) is 11.1. The molecule has 0 aromatic heterocycles. The Morgan fingerprint density at radius 3 is 2.48 bits per heavy atom. The zero-order chi connectivity index (χ0) is 23.6. The summed E-state index contributed by atoms with van der Waals surface area (Å²) in [5.74, 6) is 0.884. The molecule has 1 fully saturated rings. The fraction of sp³-hybridized carbons (Fsp3) is 0.400. The van der Waals surface area contributed by atoms with Crippen LogP contribution >= 0.6 is 0 Å². The number of carbonyl (C=O) groups excluding carboxylic acids is 3. The molecule has 0 unspecified atom stereocenters. The van der Waals surface area contributed by atoms with Crippen LogP contribution in [0.2, 0.25) is 0 Å². The maximum Gasteiger partial charge on any atom is 0.307 e. The highest BCUT2D eigenvalue weighted by atomic mass is 16.5. The van der Waals surface area contributed by atoms with Crippen LogP contribution in [0.3, 0.4) is 0 Å². The highest BCUT2D eigenvalue weighted by Gasteiger charge is 2.27. The number of hydrogen-bond acceptors (Lipinski definition) is 6. The van der Waals surface area contributed by atoms with Crippen LogP contribution in [0.1, 0.15) is 36.5 Å². The van der Waals surface area contributed by atoms with Crippen LogP contribution in [0.4, 0.5) is 5.69 Å². The predicted octanol–water partition coefficient (Wildman–Crippen LogP) is 3.52. The molecule has 3 rings (SSSR count). The van der Waals surface area contributed by atoms with Crippen LogP contribution in [0.25, 0.3) is 0 Å². The first-order chi connectivity index (χ1) is 16.0. The lowest BCUT2D eigenvalue weighted by atomic mass is 10.1. The summed E-state index contributed by atoms with van der Waals surface area (Å²) in [6, 6.07) is 13.7. The molecule has 0 spiro atoms. The van der Waals surface area contributed by atoms with Gasteiger partial charge in [-0.25, -0.2) is 0 Å². The monoisotopic (exact) mass is 454 g/mol. The van der Waals surface area contributed by atoms with Crippen LogP contribution in [0, 0.1) is 5.92 Å². The Balaban J connectivity index is 1.52. The molecule has 0 atom stereocenters. The third-order valence-electron chi connectivity index (χ3n) is 5.18. The summed E-state index contributed by atoms with van der Waals surface area (Å²) in [7, 11) is 1.56. The van der Waals surface area contributed by atoms with Gasteiger partial charge in [0.25, 0.3) is 11.8 Å². The van der Waals surface area contributed by atoms with Crippen LogP contribution in [-0.2, 0) is 14.3 Å². The molecule has 176 valence electrons. The minimum absolute atomic E-state index is 0.131. The molecular weight excluding hydrogens is 424 g/mol. The van der Waals surface area contributed by atoms with E-state index >= 15 is 0 Å². The molecule has 1 aliphatic carbocycles. The molecule has 2 aromatic carbocycles. The quantitative estimate of drug-likeness (QED) is 0.493. The van der Waals surface area contributed by atoms with E-state index in [1.165, 1.54) is 0 Å². The first kappa shape index (κ1) is 24.1. The second-order valence-corrected chi connectivity index (χ2v) is 7.84. The van der Waals surface area contributed by atoms with Gasteiger partial charge in [0, 0.05) is 30.4 Å². The topological polar surface area (TPSA) is 94.2 Å². The largest absolute Gasteiger partial charge is 0.497 e. The van der Waals surface area contributed by atoms with Crippen molar-refractivity contribution in [3.05, 3.63) is 54.1 Å². The number of benzene rings is 2. The Hall–Kier alpha value is -3.55. The lowest BCUT2D eigenvalue weighted by molar-refractivity contribution is -0.143. The van der Waals surface area contributed by atoms with Gasteiger partial charge in [-0.2, -0.15) is 0 Å². The lowest BCUT2D eigenvalue weighted by Crippen LogP contribution is -2.35. The maximum absolute atomic E-state index is 13.0. The highest BCUT2D eigenvalue weighted by molar-refractivity contribution is 5.94. The van der Waals surface area contributed by atoms with Crippen molar-refractivity contribution in [3.63, 3.8) is 0 Å². The van der Waals surface area contributed by atoms with E-state index < -0.39 is 0 Å².